The van der Waals surface area contributed by atoms with Crippen LogP contribution in [-0.2, 0) is 0 Å². The summed E-state index contributed by atoms with van der Waals surface area (Å²) in [6, 6.07) is 7.19. The smallest absolute Gasteiger partial charge is 0.255 e. The number of aromatic nitrogens is 2. The lowest BCUT2D eigenvalue weighted by atomic mass is 9.96. The van der Waals surface area contributed by atoms with Gasteiger partial charge in [0.15, 0.2) is 0 Å². The molecule has 0 radical (unpaired) electrons. The number of hydrogen-bond acceptors (Lipinski definition) is 6. The molecule has 0 unspecified atom stereocenters. The van der Waals surface area contributed by atoms with E-state index in [1.165, 1.54) is 0 Å². The Balaban J connectivity index is 1.42. The van der Waals surface area contributed by atoms with Gasteiger partial charge in [0.25, 0.3) is 11.8 Å². The van der Waals surface area contributed by atoms with E-state index < -0.39 is 0 Å². The molecule has 3 aromatic rings. The second kappa shape index (κ2) is 7.56. The standard InChI is InChI=1S/C19H18BrN3O4/c1-25-14-2-3-16(20)15(10-14)19(24)23-7-4-12(5-8-23)17-21-22-18(27-17)13-6-9-26-11-13/h2-3,6,9-12H,4-5,7-8H2,1H3. The Labute approximate surface area is 164 Å². The normalized spacial score (nSPS) is 15.1. The second-order valence-electron chi connectivity index (χ2n) is 6.37. The first kappa shape index (κ1) is 17.8. The summed E-state index contributed by atoms with van der Waals surface area (Å²) in [6.45, 7) is 1.27. The maximum Gasteiger partial charge on any atom is 0.255 e. The summed E-state index contributed by atoms with van der Waals surface area (Å²) in [6.07, 6.45) is 4.70. The van der Waals surface area contributed by atoms with E-state index in [9.17, 15) is 4.79 Å². The SMILES string of the molecule is COc1ccc(Br)c(C(=O)N2CCC(c3nnc(-c4ccoc4)o3)CC2)c1. The largest absolute Gasteiger partial charge is 0.497 e. The zero-order valence-electron chi connectivity index (χ0n) is 14.7. The molecule has 0 aliphatic carbocycles. The molecule has 0 saturated carbocycles. The first-order valence-electron chi connectivity index (χ1n) is 8.64. The Bertz CT molecular complexity index is 930. The molecule has 8 heteroatoms. The van der Waals surface area contributed by atoms with E-state index in [0.717, 1.165) is 22.9 Å². The Morgan fingerprint density at radius 3 is 2.78 bits per heavy atom. The van der Waals surface area contributed by atoms with Crippen molar-refractivity contribution in [3.05, 3.63) is 52.7 Å². The van der Waals surface area contributed by atoms with Crippen LogP contribution in [0.25, 0.3) is 11.5 Å². The van der Waals surface area contributed by atoms with E-state index in [2.05, 4.69) is 26.1 Å². The number of methoxy groups -OCH3 is 1. The van der Waals surface area contributed by atoms with E-state index in [-0.39, 0.29) is 11.8 Å². The van der Waals surface area contributed by atoms with Crippen molar-refractivity contribution in [2.24, 2.45) is 0 Å². The number of ether oxygens (including phenoxy) is 1. The number of furan rings is 1. The maximum absolute atomic E-state index is 12.9. The number of likely N-dealkylation sites (tertiary alicyclic amines) is 1. The number of benzene rings is 1. The second-order valence-corrected chi connectivity index (χ2v) is 7.22. The van der Waals surface area contributed by atoms with Gasteiger partial charge in [0.05, 0.1) is 24.5 Å². The highest BCUT2D eigenvalue weighted by atomic mass is 79.9. The van der Waals surface area contributed by atoms with Gasteiger partial charge in [0.2, 0.25) is 5.89 Å². The van der Waals surface area contributed by atoms with E-state index in [0.29, 0.717) is 36.2 Å². The van der Waals surface area contributed by atoms with Gasteiger partial charge in [-0.25, -0.2) is 0 Å². The quantitative estimate of drug-likeness (QED) is 0.617. The molecular weight excluding hydrogens is 414 g/mol. The minimum absolute atomic E-state index is 0.0103. The molecule has 4 rings (SSSR count). The lowest BCUT2D eigenvalue weighted by molar-refractivity contribution is 0.0705. The van der Waals surface area contributed by atoms with Crippen LogP contribution in [0.3, 0.4) is 0 Å². The summed E-state index contributed by atoms with van der Waals surface area (Å²) < 4.78 is 16.8. The van der Waals surface area contributed by atoms with Crippen molar-refractivity contribution in [1.29, 1.82) is 0 Å². The van der Waals surface area contributed by atoms with E-state index in [1.54, 1.807) is 31.8 Å². The maximum atomic E-state index is 12.9. The van der Waals surface area contributed by atoms with Crippen LogP contribution in [-0.4, -0.2) is 41.2 Å². The number of halogens is 1. The van der Waals surface area contributed by atoms with Gasteiger partial charge in [0, 0.05) is 23.5 Å². The minimum Gasteiger partial charge on any atom is -0.497 e. The minimum atomic E-state index is -0.0103. The summed E-state index contributed by atoms with van der Waals surface area (Å²) in [5, 5.41) is 8.26. The number of carbonyl (C=O) groups excluding carboxylic acids is 1. The van der Waals surface area contributed by atoms with Crippen molar-refractivity contribution in [3.63, 3.8) is 0 Å². The zero-order valence-corrected chi connectivity index (χ0v) is 16.3. The lowest BCUT2D eigenvalue weighted by Gasteiger charge is -2.30. The van der Waals surface area contributed by atoms with E-state index in [1.807, 2.05) is 17.0 Å². The Morgan fingerprint density at radius 2 is 2.07 bits per heavy atom. The van der Waals surface area contributed by atoms with Gasteiger partial charge in [-0.2, -0.15) is 0 Å². The predicted octanol–water partition coefficient (Wildman–Crippen LogP) is 4.12. The molecule has 27 heavy (non-hydrogen) atoms. The molecule has 1 fully saturated rings. The molecule has 1 aromatic carbocycles. The Morgan fingerprint density at radius 1 is 1.26 bits per heavy atom. The number of nitrogens with zero attached hydrogens (tertiary/aromatic N) is 3. The van der Waals surface area contributed by atoms with Crippen molar-refractivity contribution in [3.8, 4) is 17.2 Å². The third-order valence-electron chi connectivity index (χ3n) is 4.74. The van der Waals surface area contributed by atoms with E-state index in [4.69, 9.17) is 13.6 Å². The van der Waals surface area contributed by atoms with Crippen molar-refractivity contribution in [1.82, 2.24) is 15.1 Å². The monoisotopic (exact) mass is 431 g/mol. The van der Waals surface area contributed by atoms with Gasteiger partial charge in [-0.05, 0) is 53.0 Å². The van der Waals surface area contributed by atoms with Crippen LogP contribution < -0.4 is 4.74 Å². The zero-order chi connectivity index (χ0) is 18.8. The lowest BCUT2D eigenvalue weighted by Crippen LogP contribution is -2.38. The van der Waals surface area contributed by atoms with Crippen LogP contribution in [0.5, 0.6) is 5.75 Å². The topological polar surface area (TPSA) is 81.6 Å². The molecule has 0 atom stereocenters. The average molecular weight is 432 g/mol. The van der Waals surface area contributed by atoms with Gasteiger partial charge in [-0.3, -0.25) is 4.79 Å². The fourth-order valence-corrected chi connectivity index (χ4v) is 3.61. The molecule has 0 spiro atoms. The van der Waals surface area contributed by atoms with Crippen molar-refractivity contribution >= 4 is 21.8 Å². The first-order chi connectivity index (χ1) is 13.2. The van der Waals surface area contributed by atoms with Crippen molar-refractivity contribution in [2.45, 2.75) is 18.8 Å². The van der Waals surface area contributed by atoms with Crippen LogP contribution in [0, 0.1) is 0 Å². The van der Waals surface area contributed by atoms with Gasteiger partial charge >= 0.3 is 0 Å². The fraction of sp³-hybridized carbons (Fsp3) is 0.316. The fourth-order valence-electron chi connectivity index (χ4n) is 3.20. The van der Waals surface area contributed by atoms with Crippen LogP contribution in [0.2, 0.25) is 0 Å². The van der Waals surface area contributed by atoms with Crippen LogP contribution in [0.15, 0.2) is 50.1 Å². The summed E-state index contributed by atoms with van der Waals surface area (Å²) in [4.78, 5) is 14.7. The highest BCUT2D eigenvalue weighted by Crippen LogP contribution is 2.31. The van der Waals surface area contributed by atoms with Crippen molar-refractivity contribution < 1.29 is 18.4 Å². The molecule has 1 amide bonds. The molecule has 1 saturated heterocycles. The van der Waals surface area contributed by atoms with Crippen LogP contribution >= 0.6 is 15.9 Å². The summed E-state index contributed by atoms with van der Waals surface area (Å²) in [5.74, 6) is 1.87. The number of rotatable bonds is 4. The highest BCUT2D eigenvalue weighted by Gasteiger charge is 2.29. The number of amides is 1. The molecule has 7 nitrogen and oxygen atoms in total. The van der Waals surface area contributed by atoms with E-state index >= 15 is 0 Å². The summed E-state index contributed by atoms with van der Waals surface area (Å²) in [7, 11) is 1.59. The molecule has 0 N–H and O–H groups in total. The van der Waals surface area contributed by atoms with Crippen molar-refractivity contribution in [2.75, 3.05) is 20.2 Å². The highest BCUT2D eigenvalue weighted by molar-refractivity contribution is 9.10. The Hall–Kier alpha value is -2.61. The molecule has 1 aliphatic heterocycles. The van der Waals surface area contributed by atoms with Gasteiger partial charge in [-0.15, -0.1) is 10.2 Å². The average Bonchev–Trinajstić information content (AvgIpc) is 3.40. The molecule has 140 valence electrons. The van der Waals surface area contributed by atoms with Gasteiger partial charge < -0.3 is 18.5 Å². The van der Waals surface area contributed by atoms with Gasteiger partial charge in [-0.1, -0.05) is 0 Å². The predicted molar refractivity (Wildman–Crippen MR) is 101 cm³/mol. The number of hydrogen-bond donors (Lipinski definition) is 0. The number of carbonyl (C=O) groups is 1. The van der Waals surface area contributed by atoms with Gasteiger partial charge in [0.1, 0.15) is 12.0 Å². The molecule has 1 aliphatic rings. The summed E-state index contributed by atoms with van der Waals surface area (Å²) in [5.41, 5.74) is 1.37. The number of piperidine rings is 1. The molecule has 3 heterocycles. The van der Waals surface area contributed by atoms with Crippen LogP contribution in [0.4, 0.5) is 0 Å². The summed E-state index contributed by atoms with van der Waals surface area (Å²) >= 11 is 3.45. The molecule has 0 bridgehead atoms. The molecule has 2 aromatic heterocycles. The Kier molecular flexibility index (Phi) is 4.98. The van der Waals surface area contributed by atoms with Crippen LogP contribution in [0.1, 0.15) is 35.0 Å². The molecular formula is C19H18BrN3O4. The third kappa shape index (κ3) is 3.62. The first-order valence-corrected chi connectivity index (χ1v) is 9.44. The third-order valence-corrected chi connectivity index (χ3v) is 5.44.